The van der Waals surface area contributed by atoms with E-state index in [2.05, 4.69) is 10.2 Å². The summed E-state index contributed by atoms with van der Waals surface area (Å²) in [6, 6.07) is -0.535. The zero-order chi connectivity index (χ0) is 21.5. The van der Waals surface area contributed by atoms with Gasteiger partial charge in [0, 0.05) is 25.1 Å². The highest BCUT2D eigenvalue weighted by Crippen LogP contribution is 2.32. The van der Waals surface area contributed by atoms with Crippen molar-refractivity contribution >= 4 is 18.3 Å². The second kappa shape index (κ2) is 8.80. The fraction of sp³-hybridized carbons (Fsp3) is 0.471. The van der Waals surface area contributed by atoms with E-state index in [0.717, 1.165) is 4.57 Å². The third kappa shape index (κ3) is 4.86. The van der Waals surface area contributed by atoms with Gasteiger partial charge in [-0.25, -0.2) is 13.2 Å². The maximum absolute atomic E-state index is 13.7. The molecule has 2 N–H and O–H groups in total. The Bertz CT molecular complexity index is 934. The van der Waals surface area contributed by atoms with Crippen LogP contribution in [0.3, 0.4) is 0 Å². The molecule has 2 heterocycles. The van der Waals surface area contributed by atoms with E-state index < -0.39 is 47.4 Å². The minimum atomic E-state index is -4.66. The van der Waals surface area contributed by atoms with E-state index in [9.17, 15) is 31.1 Å². The quantitative estimate of drug-likeness (QED) is 0.565. The molecular formula is C17H18ClF6N5O. The van der Waals surface area contributed by atoms with Crippen LogP contribution in [0.15, 0.2) is 12.1 Å². The van der Waals surface area contributed by atoms with Gasteiger partial charge in [0.15, 0.2) is 17.5 Å². The Morgan fingerprint density at radius 1 is 1.20 bits per heavy atom. The van der Waals surface area contributed by atoms with Crippen molar-refractivity contribution in [1.29, 1.82) is 0 Å². The number of benzene rings is 1. The summed E-state index contributed by atoms with van der Waals surface area (Å²) >= 11 is 0. The van der Waals surface area contributed by atoms with Crippen molar-refractivity contribution in [3.63, 3.8) is 0 Å². The van der Waals surface area contributed by atoms with Crippen molar-refractivity contribution in [2.24, 2.45) is 5.73 Å². The Balaban J connectivity index is 0.00000320. The number of aromatic nitrogens is 3. The zero-order valence-corrected chi connectivity index (χ0v) is 16.4. The van der Waals surface area contributed by atoms with Crippen LogP contribution < -0.4 is 5.73 Å². The summed E-state index contributed by atoms with van der Waals surface area (Å²) in [5.74, 6) is -5.16. The molecule has 1 aliphatic heterocycles. The molecule has 3 rings (SSSR count). The highest BCUT2D eigenvalue weighted by Gasteiger charge is 2.41. The van der Waals surface area contributed by atoms with Crippen molar-refractivity contribution in [2.75, 3.05) is 6.54 Å². The molecular weight excluding hydrogens is 440 g/mol. The third-order valence-corrected chi connectivity index (χ3v) is 4.64. The maximum Gasteiger partial charge on any atom is 0.451 e. The number of nitrogens with zero attached hydrogens (tertiary/aromatic N) is 4. The van der Waals surface area contributed by atoms with Gasteiger partial charge in [-0.3, -0.25) is 4.79 Å². The first-order valence-corrected chi connectivity index (χ1v) is 8.65. The van der Waals surface area contributed by atoms with Crippen LogP contribution in [0.2, 0.25) is 0 Å². The molecule has 0 unspecified atom stereocenters. The van der Waals surface area contributed by atoms with Gasteiger partial charge in [-0.1, -0.05) is 0 Å². The molecule has 0 radical (unpaired) electrons. The molecule has 6 nitrogen and oxygen atoms in total. The van der Waals surface area contributed by atoms with Crippen LogP contribution in [0, 0.1) is 17.5 Å². The van der Waals surface area contributed by atoms with E-state index in [0.29, 0.717) is 12.1 Å². The molecule has 0 saturated heterocycles. The second-order valence-corrected chi connectivity index (χ2v) is 6.96. The van der Waals surface area contributed by atoms with Crippen LogP contribution in [-0.2, 0) is 23.9 Å². The van der Waals surface area contributed by atoms with Gasteiger partial charge in [0.2, 0.25) is 11.7 Å². The molecule has 0 aliphatic carbocycles. The Hall–Kier alpha value is -2.34. The topological polar surface area (TPSA) is 77.0 Å². The van der Waals surface area contributed by atoms with Crippen LogP contribution >= 0.6 is 12.4 Å². The SMILES string of the molecule is C[C@@H]1CN(C(=O)C[C@H](N)Cc2cc(F)c(F)cc2F)Cc2nnc(C(F)(F)F)n21.Cl. The molecule has 0 spiro atoms. The summed E-state index contributed by atoms with van der Waals surface area (Å²) in [6.07, 6.45) is -5.14. The van der Waals surface area contributed by atoms with Gasteiger partial charge >= 0.3 is 6.18 Å². The van der Waals surface area contributed by atoms with Gasteiger partial charge in [0.05, 0.1) is 12.6 Å². The fourth-order valence-electron chi connectivity index (χ4n) is 3.34. The monoisotopic (exact) mass is 457 g/mol. The Morgan fingerprint density at radius 2 is 1.83 bits per heavy atom. The van der Waals surface area contributed by atoms with Crippen LogP contribution in [0.5, 0.6) is 0 Å². The lowest BCUT2D eigenvalue weighted by Crippen LogP contribution is -2.43. The summed E-state index contributed by atoms with van der Waals surface area (Å²) in [5.41, 5.74) is 5.67. The number of nitrogens with two attached hydrogens (primary N) is 1. The van der Waals surface area contributed by atoms with Crippen molar-refractivity contribution in [2.45, 2.75) is 44.6 Å². The zero-order valence-electron chi connectivity index (χ0n) is 15.6. The molecule has 0 fully saturated rings. The fourth-order valence-corrected chi connectivity index (χ4v) is 3.34. The first-order chi connectivity index (χ1) is 13.5. The molecule has 1 aliphatic rings. The summed E-state index contributed by atoms with van der Waals surface area (Å²) in [4.78, 5) is 13.8. The average molecular weight is 458 g/mol. The van der Waals surface area contributed by atoms with Crippen LogP contribution in [0.1, 0.15) is 36.6 Å². The average Bonchev–Trinajstić information content (AvgIpc) is 3.04. The normalized spacial score (nSPS) is 17.3. The molecule has 30 heavy (non-hydrogen) atoms. The Labute approximate surface area is 173 Å². The number of fused-ring (bicyclic) bond motifs is 1. The van der Waals surface area contributed by atoms with Crippen LogP contribution in [-0.4, -0.2) is 38.2 Å². The van der Waals surface area contributed by atoms with E-state index in [-0.39, 0.29) is 49.7 Å². The van der Waals surface area contributed by atoms with Gasteiger partial charge in [-0.2, -0.15) is 13.2 Å². The summed E-state index contributed by atoms with van der Waals surface area (Å²) in [7, 11) is 0. The smallest absolute Gasteiger partial charge is 0.333 e. The maximum atomic E-state index is 13.7. The van der Waals surface area contributed by atoms with Crippen molar-refractivity contribution in [1.82, 2.24) is 19.7 Å². The van der Waals surface area contributed by atoms with Crippen LogP contribution in [0.4, 0.5) is 26.3 Å². The minimum Gasteiger partial charge on any atom is -0.333 e. The molecule has 0 bridgehead atoms. The summed E-state index contributed by atoms with van der Waals surface area (Å²) in [5, 5.41) is 6.70. The lowest BCUT2D eigenvalue weighted by molar-refractivity contribution is -0.149. The Kier molecular flexibility index (Phi) is 7.02. The molecule has 166 valence electrons. The number of amides is 1. The van der Waals surface area contributed by atoms with E-state index in [1.54, 1.807) is 0 Å². The van der Waals surface area contributed by atoms with Crippen molar-refractivity contribution in [3.05, 3.63) is 46.8 Å². The first-order valence-electron chi connectivity index (χ1n) is 8.65. The van der Waals surface area contributed by atoms with Gasteiger partial charge < -0.3 is 15.2 Å². The van der Waals surface area contributed by atoms with E-state index >= 15 is 0 Å². The molecule has 13 heteroatoms. The number of hydrogen-bond acceptors (Lipinski definition) is 4. The molecule has 2 atom stereocenters. The van der Waals surface area contributed by atoms with E-state index in [1.165, 1.54) is 11.8 Å². The standard InChI is InChI=1S/C17H17F6N5O.ClH/c1-8-6-27(7-14-25-26-16(28(8)14)17(21,22)23)15(29)4-10(24)2-9-3-12(19)13(20)5-11(9)18;/h3,5,8,10H,2,4,6-7,24H2,1H3;1H/t8-,10-;/m1./s1. The second-order valence-electron chi connectivity index (χ2n) is 6.96. The summed E-state index contributed by atoms with van der Waals surface area (Å²) in [6.45, 7) is 1.30. The lowest BCUT2D eigenvalue weighted by Gasteiger charge is -2.33. The predicted octanol–water partition coefficient (Wildman–Crippen LogP) is 3.00. The molecule has 2 aromatic rings. The Morgan fingerprint density at radius 3 is 2.47 bits per heavy atom. The number of carbonyl (C=O) groups excluding carboxylic acids is 1. The number of carbonyl (C=O) groups is 1. The van der Waals surface area contributed by atoms with Gasteiger partial charge in [0.1, 0.15) is 5.82 Å². The van der Waals surface area contributed by atoms with E-state index in [4.69, 9.17) is 5.73 Å². The van der Waals surface area contributed by atoms with E-state index in [1.807, 2.05) is 0 Å². The predicted molar refractivity (Wildman–Crippen MR) is 95.0 cm³/mol. The lowest BCUT2D eigenvalue weighted by atomic mass is 10.0. The largest absolute Gasteiger partial charge is 0.451 e. The molecule has 1 aromatic carbocycles. The summed E-state index contributed by atoms with van der Waals surface area (Å²) < 4.78 is 80.0. The van der Waals surface area contributed by atoms with Gasteiger partial charge in [-0.15, -0.1) is 22.6 Å². The van der Waals surface area contributed by atoms with Crippen molar-refractivity contribution < 1.29 is 31.1 Å². The highest BCUT2D eigenvalue weighted by molar-refractivity contribution is 5.85. The number of rotatable bonds is 4. The first kappa shape index (κ1) is 23.9. The third-order valence-electron chi connectivity index (χ3n) is 4.64. The highest BCUT2D eigenvalue weighted by atomic mass is 35.5. The van der Waals surface area contributed by atoms with Crippen LogP contribution in [0.25, 0.3) is 0 Å². The van der Waals surface area contributed by atoms with Gasteiger partial charge in [-0.05, 0) is 25.0 Å². The van der Waals surface area contributed by atoms with Gasteiger partial charge in [0.25, 0.3) is 0 Å². The minimum absolute atomic E-state index is 0. The molecule has 1 amide bonds. The van der Waals surface area contributed by atoms with Crippen molar-refractivity contribution in [3.8, 4) is 0 Å². The molecule has 0 saturated carbocycles. The number of halogens is 7. The number of alkyl halides is 3. The molecule has 1 aromatic heterocycles. The number of hydrogen-bond donors (Lipinski definition) is 1.